The van der Waals surface area contributed by atoms with Crippen LogP contribution in [0.15, 0.2) is 53.1 Å². The van der Waals surface area contributed by atoms with Crippen LogP contribution in [0.25, 0.3) is 11.1 Å². The number of benzene rings is 2. The Balaban J connectivity index is 1.62. The topological polar surface area (TPSA) is 78.0 Å². The molecule has 0 spiro atoms. The zero-order valence-corrected chi connectivity index (χ0v) is 14.6. The maximum atomic E-state index is 12.6. The number of ketones is 1. The van der Waals surface area contributed by atoms with Crippen LogP contribution in [-0.4, -0.2) is 20.5 Å². The van der Waals surface area contributed by atoms with Gasteiger partial charge in [0.1, 0.15) is 11.0 Å². The summed E-state index contributed by atoms with van der Waals surface area (Å²) in [5.41, 5.74) is 5.27. The van der Waals surface area contributed by atoms with E-state index in [1.807, 2.05) is 24.3 Å². The van der Waals surface area contributed by atoms with E-state index >= 15 is 0 Å². The van der Waals surface area contributed by atoms with E-state index in [9.17, 15) is 14.9 Å². The number of hydrogen-bond acceptors (Lipinski definition) is 4. The summed E-state index contributed by atoms with van der Waals surface area (Å²) in [6, 6.07) is 13.8. The van der Waals surface area contributed by atoms with Gasteiger partial charge in [0, 0.05) is 5.56 Å². The Kier molecular flexibility index (Phi) is 3.73. The Hall–Kier alpha value is -2.80. The lowest BCUT2D eigenvalue weighted by Crippen LogP contribution is -2.11. The zero-order chi connectivity index (χ0) is 17.6. The predicted molar refractivity (Wildman–Crippen MR) is 95.6 cm³/mol. The smallest absolute Gasteiger partial charge is 0.358 e. The lowest BCUT2D eigenvalue weighted by molar-refractivity contribution is -0.390. The van der Waals surface area contributed by atoms with Crippen molar-refractivity contribution in [1.82, 2.24) is 9.78 Å². The Labute approximate surface area is 151 Å². The molecule has 1 heterocycles. The van der Waals surface area contributed by atoms with Gasteiger partial charge in [-0.05, 0) is 55.6 Å². The fourth-order valence-corrected chi connectivity index (χ4v) is 3.59. The SMILES string of the molecule is O=C(Cn1cc(Br)c([N+](=O)[O-])n1)c1ccc2c(c1)-c1ccccc1C2. The Bertz CT molecular complexity index is 1030. The summed E-state index contributed by atoms with van der Waals surface area (Å²) in [6.07, 6.45) is 2.32. The molecule has 0 bridgehead atoms. The monoisotopic (exact) mass is 397 g/mol. The fourth-order valence-electron chi connectivity index (χ4n) is 3.13. The molecule has 0 saturated heterocycles. The molecule has 0 radical (unpaired) electrons. The van der Waals surface area contributed by atoms with E-state index in [1.54, 1.807) is 6.07 Å². The van der Waals surface area contributed by atoms with Gasteiger partial charge in [-0.25, -0.2) is 0 Å². The van der Waals surface area contributed by atoms with E-state index < -0.39 is 4.92 Å². The molecule has 0 N–H and O–H groups in total. The molecule has 7 heteroatoms. The molecule has 6 nitrogen and oxygen atoms in total. The number of fused-ring (bicyclic) bond motifs is 3. The van der Waals surface area contributed by atoms with Crippen molar-refractivity contribution in [1.29, 1.82) is 0 Å². The molecule has 124 valence electrons. The summed E-state index contributed by atoms with van der Waals surface area (Å²) in [6.45, 7) is -0.0487. The minimum atomic E-state index is -0.586. The van der Waals surface area contributed by atoms with Crippen molar-refractivity contribution in [2.45, 2.75) is 13.0 Å². The minimum Gasteiger partial charge on any atom is -0.358 e. The molecule has 3 aromatic rings. The van der Waals surface area contributed by atoms with E-state index in [0.29, 0.717) is 5.56 Å². The molecule has 0 fully saturated rings. The number of nitro groups is 1. The van der Waals surface area contributed by atoms with Gasteiger partial charge in [-0.2, -0.15) is 4.68 Å². The number of rotatable bonds is 4. The first-order chi connectivity index (χ1) is 12.0. The largest absolute Gasteiger partial charge is 0.404 e. The molecule has 1 aliphatic rings. The molecule has 0 saturated carbocycles. The van der Waals surface area contributed by atoms with Crippen LogP contribution in [0, 0.1) is 10.1 Å². The van der Waals surface area contributed by atoms with Crippen LogP contribution >= 0.6 is 15.9 Å². The highest BCUT2D eigenvalue weighted by Gasteiger charge is 2.22. The van der Waals surface area contributed by atoms with Crippen molar-refractivity contribution in [2.75, 3.05) is 0 Å². The van der Waals surface area contributed by atoms with Gasteiger partial charge in [-0.3, -0.25) is 4.79 Å². The molecule has 0 aliphatic heterocycles. The Morgan fingerprint density at radius 2 is 1.96 bits per heavy atom. The summed E-state index contributed by atoms with van der Waals surface area (Å²) in [5, 5.41) is 14.7. The number of hydrogen-bond donors (Lipinski definition) is 0. The van der Waals surface area contributed by atoms with Crippen LogP contribution < -0.4 is 0 Å². The van der Waals surface area contributed by atoms with Gasteiger partial charge in [-0.1, -0.05) is 36.4 Å². The van der Waals surface area contributed by atoms with E-state index in [1.165, 1.54) is 22.0 Å². The number of carbonyl (C=O) groups excluding carboxylic acids is 1. The van der Waals surface area contributed by atoms with Crippen LogP contribution in [0.5, 0.6) is 0 Å². The van der Waals surface area contributed by atoms with Crippen molar-refractivity contribution in [2.24, 2.45) is 0 Å². The molecular weight excluding hydrogens is 386 g/mol. The van der Waals surface area contributed by atoms with Crippen LogP contribution in [0.3, 0.4) is 0 Å². The Morgan fingerprint density at radius 3 is 2.72 bits per heavy atom. The second-order valence-electron chi connectivity index (χ2n) is 5.88. The lowest BCUT2D eigenvalue weighted by Gasteiger charge is -2.04. The van der Waals surface area contributed by atoms with Gasteiger partial charge in [0.15, 0.2) is 5.78 Å². The van der Waals surface area contributed by atoms with Gasteiger partial charge in [0.25, 0.3) is 0 Å². The summed E-state index contributed by atoms with van der Waals surface area (Å²) in [5.74, 6) is -0.437. The van der Waals surface area contributed by atoms with E-state index in [4.69, 9.17) is 0 Å². The molecular formula is C18H12BrN3O3. The van der Waals surface area contributed by atoms with Crippen molar-refractivity contribution in [3.63, 3.8) is 0 Å². The number of carbonyl (C=O) groups is 1. The predicted octanol–water partition coefficient (Wildman–Crippen LogP) is 4.01. The van der Waals surface area contributed by atoms with Gasteiger partial charge in [0.05, 0.1) is 11.3 Å². The van der Waals surface area contributed by atoms with Gasteiger partial charge < -0.3 is 10.1 Å². The van der Waals surface area contributed by atoms with Crippen molar-refractivity contribution < 1.29 is 9.72 Å². The molecule has 0 unspecified atom stereocenters. The molecule has 0 atom stereocenters. The van der Waals surface area contributed by atoms with E-state index in [-0.39, 0.29) is 22.6 Å². The van der Waals surface area contributed by atoms with Crippen LogP contribution in [0.1, 0.15) is 21.5 Å². The lowest BCUT2D eigenvalue weighted by atomic mass is 10.0. The van der Waals surface area contributed by atoms with E-state index in [2.05, 4.69) is 33.2 Å². The number of Topliss-reactive ketones (excluding diaryl/α,β-unsaturated/α-hetero) is 1. The van der Waals surface area contributed by atoms with Crippen molar-refractivity contribution in [3.8, 4) is 11.1 Å². The standard InChI is InChI=1S/C18H12BrN3O3/c19-16-9-21(20-18(16)22(24)25)10-17(23)13-6-5-12-7-11-3-1-2-4-14(11)15(12)8-13/h1-6,8-9H,7,10H2. The normalized spacial score (nSPS) is 11.9. The van der Waals surface area contributed by atoms with Gasteiger partial charge in [-0.15, -0.1) is 0 Å². The number of aromatic nitrogens is 2. The zero-order valence-electron chi connectivity index (χ0n) is 13.0. The Morgan fingerprint density at radius 1 is 1.20 bits per heavy atom. The highest BCUT2D eigenvalue weighted by Crippen LogP contribution is 2.36. The maximum absolute atomic E-state index is 12.6. The summed E-state index contributed by atoms with van der Waals surface area (Å²) in [4.78, 5) is 22.8. The first-order valence-electron chi connectivity index (χ1n) is 7.64. The first kappa shape index (κ1) is 15.7. The average Bonchev–Trinajstić information content (AvgIpc) is 3.14. The highest BCUT2D eigenvalue weighted by atomic mass is 79.9. The summed E-state index contributed by atoms with van der Waals surface area (Å²) < 4.78 is 1.54. The minimum absolute atomic E-state index is 0.0487. The third kappa shape index (κ3) is 2.76. The van der Waals surface area contributed by atoms with Crippen LogP contribution in [0.2, 0.25) is 0 Å². The van der Waals surface area contributed by atoms with Gasteiger partial charge in [0.2, 0.25) is 0 Å². The summed E-state index contributed by atoms with van der Waals surface area (Å²) in [7, 11) is 0. The molecule has 2 aromatic carbocycles. The molecule has 0 amide bonds. The van der Waals surface area contributed by atoms with Crippen LogP contribution in [0.4, 0.5) is 5.82 Å². The highest BCUT2D eigenvalue weighted by molar-refractivity contribution is 9.10. The molecule has 1 aliphatic carbocycles. The number of halogens is 1. The van der Waals surface area contributed by atoms with Crippen molar-refractivity contribution in [3.05, 3.63) is 79.9 Å². The first-order valence-corrected chi connectivity index (χ1v) is 8.44. The molecule has 4 rings (SSSR count). The van der Waals surface area contributed by atoms with Crippen LogP contribution in [-0.2, 0) is 13.0 Å². The third-order valence-electron chi connectivity index (χ3n) is 4.30. The average molecular weight is 398 g/mol. The fraction of sp³-hybridized carbons (Fsp3) is 0.111. The van der Waals surface area contributed by atoms with Gasteiger partial charge >= 0.3 is 5.82 Å². The quantitative estimate of drug-likeness (QED) is 0.296. The second kappa shape index (κ2) is 5.93. The second-order valence-corrected chi connectivity index (χ2v) is 6.74. The van der Waals surface area contributed by atoms with Crippen molar-refractivity contribution >= 4 is 27.5 Å². The maximum Gasteiger partial charge on any atom is 0.404 e. The summed E-state index contributed by atoms with van der Waals surface area (Å²) >= 11 is 3.09. The third-order valence-corrected chi connectivity index (χ3v) is 4.86. The molecule has 1 aromatic heterocycles. The number of nitrogens with zero attached hydrogens (tertiary/aromatic N) is 3. The molecule has 25 heavy (non-hydrogen) atoms. The van der Waals surface area contributed by atoms with E-state index in [0.717, 1.165) is 17.5 Å².